The van der Waals surface area contributed by atoms with E-state index in [-0.39, 0.29) is 24.3 Å². The summed E-state index contributed by atoms with van der Waals surface area (Å²) in [4.78, 5) is 29.5. The summed E-state index contributed by atoms with van der Waals surface area (Å²) < 4.78 is 8.56. The van der Waals surface area contributed by atoms with E-state index in [2.05, 4.69) is 11.1 Å². The smallest absolute Gasteiger partial charge is 0.338 e. The van der Waals surface area contributed by atoms with Crippen molar-refractivity contribution >= 4 is 60.8 Å². The van der Waals surface area contributed by atoms with Gasteiger partial charge in [0.1, 0.15) is 12.4 Å². The highest BCUT2D eigenvalue weighted by atomic mass is 35.5. The Morgan fingerprint density at radius 2 is 1.90 bits per heavy atom. The van der Waals surface area contributed by atoms with Crippen molar-refractivity contribution in [2.24, 2.45) is 0 Å². The summed E-state index contributed by atoms with van der Waals surface area (Å²) in [6, 6.07) is 22.1. The first-order valence-electron chi connectivity index (χ1n) is 11.9. The SMILES string of the molecule is N#Cc1cccc2c1c(=O)n(CCOc1ccc(Cl)cc1-c1ccnc3c(C(=O)O)csc13)c1ccccc21. The van der Waals surface area contributed by atoms with Gasteiger partial charge in [-0.15, -0.1) is 11.3 Å². The maximum absolute atomic E-state index is 13.6. The number of carboxylic acid groups (broad SMARTS) is 1. The van der Waals surface area contributed by atoms with Crippen LogP contribution in [-0.2, 0) is 6.54 Å². The number of halogens is 1. The van der Waals surface area contributed by atoms with Gasteiger partial charge in [0.05, 0.1) is 44.9 Å². The summed E-state index contributed by atoms with van der Waals surface area (Å²) in [5.74, 6) is -0.505. The highest BCUT2D eigenvalue weighted by molar-refractivity contribution is 7.18. The van der Waals surface area contributed by atoms with Crippen LogP contribution in [0.15, 0.2) is 83.1 Å². The zero-order chi connectivity index (χ0) is 27.1. The molecule has 3 aromatic carbocycles. The number of para-hydroxylation sites is 1. The molecule has 0 unspecified atom stereocenters. The minimum Gasteiger partial charge on any atom is -0.491 e. The first-order chi connectivity index (χ1) is 19.0. The van der Waals surface area contributed by atoms with Crippen molar-refractivity contribution in [3.05, 3.63) is 105 Å². The Bertz CT molecular complexity index is 2040. The molecule has 0 atom stereocenters. The molecule has 0 aliphatic heterocycles. The fourth-order valence-corrected chi connectivity index (χ4v) is 6.09. The van der Waals surface area contributed by atoms with Crippen molar-refractivity contribution in [2.75, 3.05) is 6.61 Å². The molecule has 0 saturated carbocycles. The van der Waals surface area contributed by atoms with Gasteiger partial charge in [-0.05, 0) is 41.8 Å². The molecule has 3 aromatic heterocycles. The predicted molar refractivity (Wildman–Crippen MR) is 153 cm³/mol. The van der Waals surface area contributed by atoms with Crippen LogP contribution in [0.4, 0.5) is 0 Å². The fourth-order valence-electron chi connectivity index (χ4n) is 4.89. The molecule has 39 heavy (non-hydrogen) atoms. The van der Waals surface area contributed by atoms with Crippen LogP contribution in [0.3, 0.4) is 0 Å². The van der Waals surface area contributed by atoms with E-state index < -0.39 is 5.97 Å². The van der Waals surface area contributed by atoms with Crippen LogP contribution in [0.25, 0.3) is 43.0 Å². The van der Waals surface area contributed by atoms with Gasteiger partial charge >= 0.3 is 5.97 Å². The van der Waals surface area contributed by atoms with Gasteiger partial charge in [0.15, 0.2) is 0 Å². The van der Waals surface area contributed by atoms with Crippen molar-refractivity contribution < 1.29 is 14.6 Å². The normalized spacial score (nSPS) is 11.2. The molecule has 0 aliphatic carbocycles. The highest BCUT2D eigenvalue weighted by Crippen LogP contribution is 2.39. The maximum Gasteiger partial charge on any atom is 0.338 e. The molecule has 9 heteroatoms. The van der Waals surface area contributed by atoms with Crippen LogP contribution in [0, 0.1) is 11.3 Å². The molecule has 0 aliphatic rings. The second kappa shape index (κ2) is 9.87. The third-order valence-corrected chi connectivity index (χ3v) is 7.86. The quantitative estimate of drug-likeness (QED) is 0.230. The molecule has 6 rings (SSSR count). The first-order valence-corrected chi connectivity index (χ1v) is 13.2. The van der Waals surface area contributed by atoms with E-state index >= 15 is 0 Å². The van der Waals surface area contributed by atoms with Crippen molar-refractivity contribution in [1.29, 1.82) is 5.26 Å². The summed E-state index contributed by atoms with van der Waals surface area (Å²) in [7, 11) is 0. The number of aromatic nitrogens is 2. The van der Waals surface area contributed by atoms with Gasteiger partial charge in [-0.3, -0.25) is 9.78 Å². The van der Waals surface area contributed by atoms with Crippen molar-refractivity contribution in [3.8, 4) is 22.9 Å². The number of pyridine rings is 2. The van der Waals surface area contributed by atoms with Crippen LogP contribution < -0.4 is 10.3 Å². The number of hydrogen-bond acceptors (Lipinski definition) is 6. The highest BCUT2D eigenvalue weighted by Gasteiger charge is 2.18. The second-order valence-electron chi connectivity index (χ2n) is 8.79. The lowest BCUT2D eigenvalue weighted by Crippen LogP contribution is -2.24. The molecule has 0 saturated heterocycles. The number of thiophene rings is 1. The molecule has 0 fully saturated rings. The van der Waals surface area contributed by atoms with Crippen molar-refractivity contribution in [1.82, 2.24) is 9.55 Å². The van der Waals surface area contributed by atoms with Gasteiger partial charge < -0.3 is 14.4 Å². The number of rotatable bonds is 6. The Hall–Kier alpha value is -4.71. The van der Waals surface area contributed by atoms with E-state index in [1.165, 1.54) is 11.3 Å². The van der Waals surface area contributed by atoms with E-state index in [9.17, 15) is 20.0 Å². The number of carbonyl (C=O) groups is 1. The minimum atomic E-state index is -1.04. The summed E-state index contributed by atoms with van der Waals surface area (Å²) >= 11 is 7.63. The Labute approximate surface area is 230 Å². The van der Waals surface area contributed by atoms with E-state index in [1.54, 1.807) is 52.5 Å². The zero-order valence-corrected chi connectivity index (χ0v) is 21.8. The molecule has 0 spiro atoms. The van der Waals surface area contributed by atoms with Gasteiger partial charge in [0.25, 0.3) is 5.56 Å². The van der Waals surface area contributed by atoms with Crippen molar-refractivity contribution in [3.63, 3.8) is 0 Å². The van der Waals surface area contributed by atoms with Gasteiger partial charge in [-0.25, -0.2) is 4.79 Å². The van der Waals surface area contributed by atoms with Gasteiger partial charge in [0.2, 0.25) is 0 Å². The number of aromatic carboxylic acids is 1. The summed E-state index contributed by atoms with van der Waals surface area (Å²) in [5, 5.41) is 23.2. The van der Waals surface area contributed by atoms with Gasteiger partial charge in [0, 0.05) is 33.1 Å². The minimum absolute atomic E-state index is 0.139. The fraction of sp³-hybridized carbons (Fsp3) is 0.0667. The number of hydrogen-bond donors (Lipinski definition) is 1. The van der Waals surface area contributed by atoms with Gasteiger partial charge in [-0.1, -0.05) is 41.9 Å². The Morgan fingerprint density at radius 3 is 2.72 bits per heavy atom. The van der Waals surface area contributed by atoms with E-state index in [4.69, 9.17) is 16.3 Å². The first kappa shape index (κ1) is 24.6. The van der Waals surface area contributed by atoms with E-state index in [0.29, 0.717) is 37.5 Å². The predicted octanol–water partition coefficient (Wildman–Crippen LogP) is 6.73. The molecule has 6 aromatic rings. The summed E-state index contributed by atoms with van der Waals surface area (Å²) in [6.45, 7) is 0.406. The van der Waals surface area contributed by atoms with Crippen molar-refractivity contribution in [2.45, 2.75) is 6.54 Å². The molecular formula is C30H18ClN3O4S. The zero-order valence-electron chi connectivity index (χ0n) is 20.2. The second-order valence-corrected chi connectivity index (χ2v) is 10.1. The lowest BCUT2D eigenvalue weighted by molar-refractivity contribution is 0.0699. The van der Waals surface area contributed by atoms with E-state index in [0.717, 1.165) is 21.9 Å². The molecular weight excluding hydrogens is 534 g/mol. The average Bonchev–Trinajstić information content (AvgIpc) is 3.40. The summed E-state index contributed by atoms with van der Waals surface area (Å²) in [6.07, 6.45) is 1.56. The van der Waals surface area contributed by atoms with E-state index in [1.807, 2.05) is 30.3 Å². The Kier molecular flexibility index (Phi) is 6.23. The molecule has 0 bridgehead atoms. The molecule has 3 heterocycles. The number of fused-ring (bicyclic) bond motifs is 4. The Balaban J connectivity index is 1.40. The van der Waals surface area contributed by atoms with Crippen LogP contribution in [0.1, 0.15) is 15.9 Å². The maximum atomic E-state index is 13.6. The largest absolute Gasteiger partial charge is 0.491 e. The standard InChI is InChI=1S/C30H18ClN3O4S/c31-18-8-9-25(22(14-18)21-10-11-33-27-23(30(36)37)16-39-28(21)27)38-13-12-34-24-7-2-1-5-19(24)20-6-3-4-17(15-32)26(20)29(34)35/h1-11,14,16H,12-13H2,(H,36,37). The Morgan fingerprint density at radius 1 is 1.08 bits per heavy atom. The number of nitrogens with zero attached hydrogens (tertiary/aromatic N) is 3. The molecule has 7 nitrogen and oxygen atoms in total. The summed E-state index contributed by atoms with van der Waals surface area (Å²) in [5.41, 5.74) is 2.81. The van der Waals surface area contributed by atoms with Crippen LogP contribution in [0.5, 0.6) is 5.75 Å². The molecule has 1 N–H and O–H groups in total. The molecule has 190 valence electrons. The van der Waals surface area contributed by atoms with Crippen LogP contribution in [0.2, 0.25) is 5.02 Å². The average molecular weight is 552 g/mol. The van der Waals surface area contributed by atoms with Crippen LogP contribution >= 0.6 is 22.9 Å². The number of nitriles is 1. The molecule has 0 radical (unpaired) electrons. The lowest BCUT2D eigenvalue weighted by atomic mass is 10.0. The number of carboxylic acids is 1. The van der Waals surface area contributed by atoms with Crippen LogP contribution in [-0.4, -0.2) is 27.2 Å². The molecule has 0 amide bonds. The monoisotopic (exact) mass is 551 g/mol. The topological polar surface area (TPSA) is 105 Å². The number of benzene rings is 3. The number of ether oxygens (including phenoxy) is 1. The van der Waals surface area contributed by atoms with Gasteiger partial charge in [-0.2, -0.15) is 5.26 Å². The third-order valence-electron chi connectivity index (χ3n) is 6.62. The lowest BCUT2D eigenvalue weighted by Gasteiger charge is -2.16. The third kappa shape index (κ3) is 4.18.